The molecule has 0 aromatic rings. The summed E-state index contributed by atoms with van der Waals surface area (Å²) in [7, 11) is 0. The topological polar surface area (TPSA) is 37.3 Å². The molecule has 0 aliphatic rings. The summed E-state index contributed by atoms with van der Waals surface area (Å²) < 4.78 is 69.4. The third-order valence-electron chi connectivity index (χ3n) is 1.92. The normalized spacial score (nSPS) is 25.2. The molecule has 0 aromatic carbocycles. The van der Waals surface area contributed by atoms with E-state index in [4.69, 9.17) is 17.4 Å². The number of carboxylic acids is 1. The third-order valence-corrected chi connectivity index (χ3v) is 1.92. The van der Waals surface area contributed by atoms with E-state index >= 15 is 0 Å². The quantitative estimate of drug-likeness (QED) is 0.421. The highest BCUT2D eigenvalue weighted by molar-refractivity contribution is 5.79. The first-order chi connectivity index (χ1) is 11.2. The maximum atomic E-state index is 10.7. The van der Waals surface area contributed by atoms with Crippen LogP contribution in [-0.4, -0.2) is 11.1 Å². The van der Waals surface area contributed by atoms with Gasteiger partial charge in [0.1, 0.15) is 0 Å². The molecule has 0 radical (unpaired) electrons. The van der Waals surface area contributed by atoms with Gasteiger partial charge in [0.15, 0.2) is 0 Å². The average molecular weight is 235 g/mol. The molecule has 0 saturated carbocycles. The predicted octanol–water partition coefficient (Wildman–Crippen LogP) is 4.55. The van der Waals surface area contributed by atoms with Crippen LogP contribution in [0, 0.1) is 0 Å². The van der Waals surface area contributed by atoms with Crippen LogP contribution in [-0.2, 0) is 4.79 Å². The van der Waals surface area contributed by atoms with Crippen molar-refractivity contribution in [2.75, 3.05) is 0 Å². The Morgan fingerprint density at radius 1 is 1.25 bits per heavy atom. The fraction of sp³-hybridized carbons (Fsp3) is 0.786. The van der Waals surface area contributed by atoms with Crippen molar-refractivity contribution in [3.63, 3.8) is 0 Å². The Morgan fingerprint density at radius 2 is 1.94 bits per heavy atom. The Hall–Kier alpha value is -0.790. The highest BCUT2D eigenvalue weighted by Crippen LogP contribution is 2.10. The Bertz CT molecular complexity index is 489. The van der Waals surface area contributed by atoms with Crippen molar-refractivity contribution in [2.24, 2.45) is 0 Å². The number of aliphatic carboxylic acids is 1. The maximum absolute atomic E-state index is 10.7. The van der Waals surface area contributed by atoms with Gasteiger partial charge in [-0.1, -0.05) is 64.3 Å². The molecular formula is C14H26O2. The second-order valence-electron chi connectivity index (χ2n) is 3.36. The molecule has 1 N–H and O–H groups in total. The van der Waals surface area contributed by atoms with E-state index in [0.717, 1.165) is 25.7 Å². The molecule has 0 fully saturated rings. The monoisotopic (exact) mass is 235 g/mol. The lowest BCUT2D eigenvalue weighted by Crippen LogP contribution is -1.85. The number of carbonyl (C=O) groups is 1. The van der Waals surface area contributed by atoms with Crippen LogP contribution in [0.1, 0.15) is 83.3 Å². The van der Waals surface area contributed by atoms with Crippen molar-refractivity contribution < 1.29 is 22.2 Å². The summed E-state index contributed by atoms with van der Waals surface area (Å²) in [6, 6.07) is -2.89. The van der Waals surface area contributed by atoms with Crippen LogP contribution < -0.4 is 0 Å². The van der Waals surface area contributed by atoms with E-state index in [1.54, 1.807) is 0 Å². The summed E-state index contributed by atoms with van der Waals surface area (Å²) in [6.07, 6.45) is -7.04. The van der Waals surface area contributed by atoms with Crippen LogP contribution in [0.3, 0.4) is 0 Å². The Morgan fingerprint density at radius 3 is 2.62 bits per heavy atom. The highest BCUT2D eigenvalue weighted by Gasteiger charge is 1.91. The highest BCUT2D eigenvalue weighted by atomic mass is 16.4. The number of hydrogen-bond donors (Lipinski definition) is 1. The van der Waals surface area contributed by atoms with Crippen molar-refractivity contribution in [1.82, 2.24) is 0 Å². The van der Waals surface area contributed by atoms with E-state index < -0.39 is 43.6 Å². The van der Waals surface area contributed by atoms with E-state index in [9.17, 15) is 4.79 Å². The lowest BCUT2D eigenvalue weighted by atomic mass is 10.1. The first kappa shape index (κ1) is 5.70. The molecule has 1 atom stereocenters. The van der Waals surface area contributed by atoms with Gasteiger partial charge in [-0.25, -0.2) is 4.79 Å². The lowest BCUT2D eigenvalue weighted by molar-refractivity contribution is -0.131. The molecule has 1 unspecified atom stereocenters. The molecule has 0 heterocycles. The van der Waals surface area contributed by atoms with Crippen molar-refractivity contribution in [2.45, 2.75) is 71.0 Å². The van der Waals surface area contributed by atoms with Gasteiger partial charge in [0.05, 0.1) is 2.74 Å². The molecular weight excluding hydrogens is 200 g/mol. The molecule has 0 aromatic heterocycles. The average Bonchev–Trinajstić information content (AvgIpc) is 2.52. The first-order valence-corrected chi connectivity index (χ1v) is 5.58. The van der Waals surface area contributed by atoms with Crippen LogP contribution in [0.5, 0.6) is 0 Å². The third kappa shape index (κ3) is 13.2. The molecule has 0 saturated heterocycles. The minimum Gasteiger partial charge on any atom is -0.478 e. The van der Waals surface area contributed by atoms with E-state index in [-0.39, 0.29) is 6.42 Å². The summed E-state index contributed by atoms with van der Waals surface area (Å²) in [5.41, 5.74) is 0. The minimum atomic E-state index is -3.37. The molecule has 0 aliphatic heterocycles. The van der Waals surface area contributed by atoms with Crippen LogP contribution in [0.2, 0.25) is 0 Å². The van der Waals surface area contributed by atoms with Crippen LogP contribution in [0.15, 0.2) is 12.1 Å². The Balaban J connectivity index is 5.37. The molecule has 16 heavy (non-hydrogen) atoms. The van der Waals surface area contributed by atoms with Gasteiger partial charge in [0, 0.05) is 15.6 Å². The van der Waals surface area contributed by atoms with Crippen molar-refractivity contribution in [1.29, 1.82) is 0 Å². The van der Waals surface area contributed by atoms with Gasteiger partial charge in [-0.05, 0) is 12.7 Å². The molecule has 0 aliphatic carbocycles. The maximum Gasteiger partial charge on any atom is 0.327 e. The summed E-state index contributed by atoms with van der Waals surface area (Å²) in [6.45, 7) is 2.03. The molecule has 0 rings (SSSR count). The number of unbranched alkanes of at least 4 members (excludes halogenated alkanes) is 4. The molecule has 0 amide bonds. The smallest absolute Gasteiger partial charge is 0.327 e. The standard InChI is InChI=1S/C14H26O2/c1-2-3-4-5-6-7-8-9-10-11-12-13-14(15)16/h12-13H,2-11H2,1H3,(H,15,16)/i8D,9D2,10D2,11D2,12D,13D. The van der Waals surface area contributed by atoms with Gasteiger partial charge in [-0.3, -0.25) is 0 Å². The van der Waals surface area contributed by atoms with Gasteiger partial charge in [-0.2, -0.15) is 0 Å². The van der Waals surface area contributed by atoms with Crippen molar-refractivity contribution in [3.8, 4) is 0 Å². The van der Waals surface area contributed by atoms with Crippen molar-refractivity contribution in [3.05, 3.63) is 12.1 Å². The number of allylic oxidation sites excluding steroid dienone is 1. The zero-order chi connectivity index (χ0) is 20.1. The molecule has 0 spiro atoms. The van der Waals surface area contributed by atoms with Crippen LogP contribution in [0.25, 0.3) is 0 Å². The first-order valence-electron chi connectivity index (χ1n) is 10.2. The Labute approximate surface area is 112 Å². The summed E-state index contributed by atoms with van der Waals surface area (Å²) >= 11 is 0. The summed E-state index contributed by atoms with van der Waals surface area (Å²) in [5, 5.41) is 8.70. The fourth-order valence-corrected chi connectivity index (χ4v) is 1.13. The summed E-state index contributed by atoms with van der Waals surface area (Å²) in [4.78, 5) is 10.7. The van der Waals surface area contributed by atoms with Crippen molar-refractivity contribution >= 4 is 5.97 Å². The SMILES string of the molecule is [2H]C(C(=O)O)=C([2H])C([2H])([2H])C([2H])([2H])C([2H])([2H])C([2H])CCCCCCC. The lowest BCUT2D eigenvalue weighted by Gasteiger charge is -2.00. The minimum absolute atomic E-state index is 0.0238. The predicted molar refractivity (Wildman–Crippen MR) is 68.6 cm³/mol. The second-order valence-corrected chi connectivity index (χ2v) is 3.36. The Kier molecular flexibility index (Phi) is 4.38. The number of carboxylic acid groups (broad SMARTS) is 1. The van der Waals surface area contributed by atoms with E-state index in [0.29, 0.717) is 6.42 Å². The van der Waals surface area contributed by atoms with Gasteiger partial charge in [0.2, 0.25) is 0 Å². The molecule has 94 valence electrons. The zero-order valence-electron chi connectivity index (χ0n) is 18.7. The number of rotatable bonds is 11. The van der Waals surface area contributed by atoms with Gasteiger partial charge < -0.3 is 5.11 Å². The van der Waals surface area contributed by atoms with Gasteiger partial charge in [0.25, 0.3) is 0 Å². The number of hydrogen-bond acceptors (Lipinski definition) is 1. The van der Waals surface area contributed by atoms with E-state index in [1.807, 2.05) is 6.92 Å². The van der Waals surface area contributed by atoms with Crippen LogP contribution >= 0.6 is 0 Å². The van der Waals surface area contributed by atoms with Gasteiger partial charge in [-0.15, -0.1) is 0 Å². The summed E-state index contributed by atoms with van der Waals surface area (Å²) in [5.74, 6) is -1.90. The van der Waals surface area contributed by atoms with Gasteiger partial charge >= 0.3 is 5.97 Å². The second kappa shape index (κ2) is 12.3. The molecule has 2 nitrogen and oxygen atoms in total. The molecule has 0 bridgehead atoms. The molecule has 2 heteroatoms. The fourth-order valence-electron chi connectivity index (χ4n) is 1.13. The van der Waals surface area contributed by atoms with Crippen LogP contribution in [0.4, 0.5) is 0 Å². The van der Waals surface area contributed by atoms with E-state index in [1.165, 1.54) is 0 Å². The largest absolute Gasteiger partial charge is 0.478 e. The van der Waals surface area contributed by atoms with E-state index in [2.05, 4.69) is 0 Å². The zero-order valence-corrected chi connectivity index (χ0v) is 9.68.